The number of ether oxygens (including phenoxy) is 2. The Kier molecular flexibility index (Phi) is 4.43. The van der Waals surface area contributed by atoms with Gasteiger partial charge in [0.25, 0.3) is 0 Å². The van der Waals surface area contributed by atoms with Gasteiger partial charge in [0.1, 0.15) is 0 Å². The van der Waals surface area contributed by atoms with Crippen LogP contribution in [0.5, 0.6) is 11.5 Å². The summed E-state index contributed by atoms with van der Waals surface area (Å²) in [5.74, 6) is 1.53. The van der Waals surface area contributed by atoms with Gasteiger partial charge < -0.3 is 15.2 Å². The molecule has 0 fully saturated rings. The minimum atomic E-state index is 0.0131. The first-order chi connectivity index (χ1) is 7.19. The van der Waals surface area contributed by atoms with Crippen molar-refractivity contribution in [2.45, 2.75) is 26.3 Å². The first-order valence-corrected chi connectivity index (χ1v) is 5.25. The van der Waals surface area contributed by atoms with Crippen LogP contribution in [0.1, 0.15) is 31.9 Å². The van der Waals surface area contributed by atoms with Crippen molar-refractivity contribution in [1.82, 2.24) is 0 Å². The van der Waals surface area contributed by atoms with E-state index in [9.17, 15) is 0 Å². The summed E-state index contributed by atoms with van der Waals surface area (Å²) in [6.45, 7) is 4.72. The molecule has 3 heteroatoms. The maximum atomic E-state index is 5.79. The van der Waals surface area contributed by atoms with Crippen LogP contribution < -0.4 is 15.2 Å². The molecular formula is C12H19NO2. The number of methoxy groups -OCH3 is 1. The topological polar surface area (TPSA) is 44.5 Å². The molecule has 0 radical (unpaired) electrons. The summed E-state index contributed by atoms with van der Waals surface area (Å²) in [6.07, 6.45) is 0.984. The summed E-state index contributed by atoms with van der Waals surface area (Å²) in [5, 5.41) is 0. The van der Waals surface area contributed by atoms with Crippen molar-refractivity contribution < 1.29 is 9.47 Å². The number of hydrogen-bond donors (Lipinski definition) is 1. The van der Waals surface area contributed by atoms with Gasteiger partial charge in [-0.15, -0.1) is 0 Å². The van der Waals surface area contributed by atoms with E-state index < -0.39 is 0 Å². The van der Waals surface area contributed by atoms with E-state index in [2.05, 4.69) is 6.92 Å². The highest BCUT2D eigenvalue weighted by Gasteiger charge is 2.07. The molecule has 0 saturated carbocycles. The molecule has 0 amide bonds. The van der Waals surface area contributed by atoms with Gasteiger partial charge in [-0.2, -0.15) is 0 Å². The van der Waals surface area contributed by atoms with Crippen LogP contribution in [0, 0.1) is 0 Å². The van der Waals surface area contributed by atoms with Gasteiger partial charge in [-0.3, -0.25) is 0 Å². The Balaban J connectivity index is 2.88. The van der Waals surface area contributed by atoms with E-state index in [0.717, 1.165) is 23.5 Å². The second-order valence-corrected chi connectivity index (χ2v) is 3.55. The lowest BCUT2D eigenvalue weighted by Gasteiger charge is -2.13. The first-order valence-electron chi connectivity index (χ1n) is 5.25. The molecule has 0 aromatic heterocycles. The molecule has 15 heavy (non-hydrogen) atoms. The molecule has 0 aliphatic heterocycles. The van der Waals surface area contributed by atoms with Gasteiger partial charge in [-0.05, 0) is 31.0 Å². The highest BCUT2D eigenvalue weighted by Crippen LogP contribution is 2.29. The SMILES string of the molecule is CCCOc1ccc([C@H](C)N)cc1OC. The Hall–Kier alpha value is -1.22. The third-order valence-corrected chi connectivity index (χ3v) is 2.18. The third-order valence-electron chi connectivity index (χ3n) is 2.18. The van der Waals surface area contributed by atoms with Crippen molar-refractivity contribution in [3.63, 3.8) is 0 Å². The zero-order valence-corrected chi connectivity index (χ0v) is 9.62. The van der Waals surface area contributed by atoms with Crippen molar-refractivity contribution >= 4 is 0 Å². The molecule has 0 aliphatic rings. The molecule has 84 valence electrons. The van der Waals surface area contributed by atoms with Crippen LogP contribution in [0.4, 0.5) is 0 Å². The van der Waals surface area contributed by atoms with Crippen LogP contribution in [0.15, 0.2) is 18.2 Å². The van der Waals surface area contributed by atoms with E-state index >= 15 is 0 Å². The highest BCUT2D eigenvalue weighted by molar-refractivity contribution is 5.43. The fraction of sp³-hybridized carbons (Fsp3) is 0.500. The third kappa shape index (κ3) is 3.13. The summed E-state index contributed by atoms with van der Waals surface area (Å²) in [6, 6.07) is 5.82. The van der Waals surface area contributed by atoms with E-state index in [0.29, 0.717) is 6.61 Å². The molecule has 2 N–H and O–H groups in total. The quantitative estimate of drug-likeness (QED) is 0.810. The lowest BCUT2D eigenvalue weighted by Crippen LogP contribution is -2.05. The Morgan fingerprint density at radius 1 is 1.33 bits per heavy atom. The van der Waals surface area contributed by atoms with E-state index in [4.69, 9.17) is 15.2 Å². The number of nitrogens with two attached hydrogens (primary N) is 1. The predicted octanol–water partition coefficient (Wildman–Crippen LogP) is 2.50. The molecule has 0 bridgehead atoms. The van der Waals surface area contributed by atoms with E-state index in [1.165, 1.54) is 0 Å². The summed E-state index contributed by atoms with van der Waals surface area (Å²) >= 11 is 0. The predicted molar refractivity (Wildman–Crippen MR) is 61.4 cm³/mol. The zero-order chi connectivity index (χ0) is 11.3. The molecule has 1 aromatic rings. The largest absolute Gasteiger partial charge is 0.493 e. The van der Waals surface area contributed by atoms with Gasteiger partial charge >= 0.3 is 0 Å². The molecule has 1 rings (SSSR count). The average Bonchev–Trinajstić information content (AvgIpc) is 2.25. The summed E-state index contributed by atoms with van der Waals surface area (Å²) in [7, 11) is 1.64. The molecule has 0 heterocycles. The maximum absolute atomic E-state index is 5.79. The Labute approximate surface area is 91.2 Å². The molecule has 1 aromatic carbocycles. The highest BCUT2D eigenvalue weighted by atomic mass is 16.5. The fourth-order valence-corrected chi connectivity index (χ4v) is 1.30. The molecule has 1 atom stereocenters. The van der Waals surface area contributed by atoms with Gasteiger partial charge in [0.05, 0.1) is 13.7 Å². The molecule has 0 saturated heterocycles. The van der Waals surface area contributed by atoms with Crippen molar-refractivity contribution in [3.05, 3.63) is 23.8 Å². The lowest BCUT2D eigenvalue weighted by molar-refractivity contribution is 0.294. The Bertz CT molecular complexity index is 310. The maximum Gasteiger partial charge on any atom is 0.161 e. The smallest absolute Gasteiger partial charge is 0.161 e. The molecule has 0 unspecified atom stereocenters. The molecular weight excluding hydrogens is 190 g/mol. The standard InChI is InChI=1S/C12H19NO2/c1-4-7-15-11-6-5-10(9(2)13)8-12(11)14-3/h5-6,8-9H,4,7,13H2,1-3H3/t9-/m0/s1. The van der Waals surface area contributed by atoms with Crippen LogP contribution in [0.25, 0.3) is 0 Å². The van der Waals surface area contributed by atoms with Gasteiger partial charge in [-0.25, -0.2) is 0 Å². The van der Waals surface area contributed by atoms with Crippen molar-refractivity contribution in [2.75, 3.05) is 13.7 Å². The summed E-state index contributed by atoms with van der Waals surface area (Å²) in [5.41, 5.74) is 6.84. The minimum Gasteiger partial charge on any atom is -0.493 e. The average molecular weight is 209 g/mol. The fourth-order valence-electron chi connectivity index (χ4n) is 1.30. The van der Waals surface area contributed by atoms with E-state index in [1.807, 2.05) is 25.1 Å². The van der Waals surface area contributed by atoms with Crippen molar-refractivity contribution in [1.29, 1.82) is 0 Å². The first kappa shape index (κ1) is 11.9. The monoisotopic (exact) mass is 209 g/mol. The van der Waals surface area contributed by atoms with Crippen LogP contribution in [0.3, 0.4) is 0 Å². The number of benzene rings is 1. The van der Waals surface area contributed by atoms with E-state index in [-0.39, 0.29) is 6.04 Å². The van der Waals surface area contributed by atoms with Crippen molar-refractivity contribution in [2.24, 2.45) is 5.73 Å². The zero-order valence-electron chi connectivity index (χ0n) is 9.62. The summed E-state index contributed by atoms with van der Waals surface area (Å²) < 4.78 is 10.8. The number of rotatable bonds is 5. The van der Waals surface area contributed by atoms with Crippen LogP contribution >= 0.6 is 0 Å². The minimum absolute atomic E-state index is 0.0131. The lowest BCUT2D eigenvalue weighted by atomic mass is 10.1. The van der Waals surface area contributed by atoms with Gasteiger partial charge in [0.15, 0.2) is 11.5 Å². The summed E-state index contributed by atoms with van der Waals surface area (Å²) in [4.78, 5) is 0. The van der Waals surface area contributed by atoms with E-state index in [1.54, 1.807) is 7.11 Å². The normalized spacial score (nSPS) is 12.3. The van der Waals surface area contributed by atoms with Crippen LogP contribution in [-0.4, -0.2) is 13.7 Å². The molecule has 0 spiro atoms. The molecule has 0 aliphatic carbocycles. The second-order valence-electron chi connectivity index (χ2n) is 3.55. The van der Waals surface area contributed by atoms with Crippen molar-refractivity contribution in [3.8, 4) is 11.5 Å². The van der Waals surface area contributed by atoms with Gasteiger partial charge in [0, 0.05) is 6.04 Å². The number of hydrogen-bond acceptors (Lipinski definition) is 3. The van der Waals surface area contributed by atoms with Gasteiger partial charge in [-0.1, -0.05) is 13.0 Å². The Morgan fingerprint density at radius 3 is 2.60 bits per heavy atom. The molecule has 3 nitrogen and oxygen atoms in total. The van der Waals surface area contributed by atoms with Crippen LogP contribution in [0.2, 0.25) is 0 Å². The van der Waals surface area contributed by atoms with Crippen LogP contribution in [-0.2, 0) is 0 Å². The second kappa shape index (κ2) is 5.61. The Morgan fingerprint density at radius 2 is 2.07 bits per heavy atom. The van der Waals surface area contributed by atoms with Gasteiger partial charge in [0.2, 0.25) is 0 Å².